The second-order valence-electron chi connectivity index (χ2n) is 5.92. The van der Waals surface area contributed by atoms with Crippen LogP contribution in [0.15, 0.2) is 59.5 Å². The van der Waals surface area contributed by atoms with Gasteiger partial charge < -0.3 is 10.0 Å². The van der Waals surface area contributed by atoms with Gasteiger partial charge in [-0.15, -0.1) is 11.8 Å². The minimum Gasteiger partial charge on any atom is -0.508 e. The molecule has 2 aromatic rings. The maximum atomic E-state index is 12.4. The normalized spacial score (nSPS) is 14.3. The van der Waals surface area contributed by atoms with Crippen molar-refractivity contribution in [2.75, 3.05) is 18.8 Å². The van der Waals surface area contributed by atoms with Crippen molar-refractivity contribution in [3.63, 3.8) is 0 Å². The molecule has 3 rings (SSSR count). The molecule has 130 valence electrons. The number of hydrogen-bond acceptors (Lipinski definition) is 3. The number of carbonyl (C=O) groups excluding carboxylic acids is 1. The van der Waals surface area contributed by atoms with Crippen LogP contribution in [0.1, 0.15) is 18.4 Å². The highest BCUT2D eigenvalue weighted by molar-refractivity contribution is 7.99. The number of halogens is 1. The predicted octanol–water partition coefficient (Wildman–Crippen LogP) is 4.84. The third kappa shape index (κ3) is 5.03. The number of phenols is 1. The molecule has 25 heavy (non-hydrogen) atoms. The molecule has 0 bridgehead atoms. The first kappa shape index (κ1) is 17.9. The number of hydrogen-bond donors (Lipinski definition) is 1. The first-order valence-corrected chi connectivity index (χ1v) is 9.63. The first-order chi connectivity index (χ1) is 12.1. The lowest BCUT2D eigenvalue weighted by Gasteiger charge is -2.26. The van der Waals surface area contributed by atoms with Crippen molar-refractivity contribution < 1.29 is 9.90 Å². The average molecular weight is 374 g/mol. The van der Waals surface area contributed by atoms with Crippen LogP contribution in [0, 0.1) is 0 Å². The molecular weight excluding hydrogens is 354 g/mol. The van der Waals surface area contributed by atoms with Gasteiger partial charge in [-0.25, -0.2) is 0 Å². The number of thioether (sulfide) groups is 1. The van der Waals surface area contributed by atoms with Gasteiger partial charge in [0.2, 0.25) is 5.91 Å². The van der Waals surface area contributed by atoms with Gasteiger partial charge in [0, 0.05) is 35.2 Å². The van der Waals surface area contributed by atoms with E-state index in [9.17, 15) is 9.90 Å². The van der Waals surface area contributed by atoms with Crippen molar-refractivity contribution in [2.45, 2.75) is 17.7 Å². The Morgan fingerprint density at radius 3 is 2.48 bits per heavy atom. The van der Waals surface area contributed by atoms with E-state index in [1.165, 1.54) is 5.57 Å². The fourth-order valence-corrected chi connectivity index (χ4v) is 3.75. The molecule has 1 heterocycles. The van der Waals surface area contributed by atoms with Crippen molar-refractivity contribution in [3.05, 3.63) is 65.2 Å². The summed E-state index contributed by atoms with van der Waals surface area (Å²) in [6.45, 7) is 1.40. The Hall–Kier alpha value is -1.91. The Balaban J connectivity index is 1.47. The molecule has 0 radical (unpaired) electrons. The highest BCUT2D eigenvalue weighted by atomic mass is 35.5. The molecule has 1 N–H and O–H groups in total. The lowest BCUT2D eigenvalue weighted by molar-refractivity contribution is -0.130. The molecule has 1 aliphatic rings. The summed E-state index contributed by atoms with van der Waals surface area (Å²) in [6, 6.07) is 14.9. The van der Waals surface area contributed by atoms with Gasteiger partial charge in [-0.2, -0.15) is 0 Å². The van der Waals surface area contributed by atoms with Gasteiger partial charge in [0.05, 0.1) is 0 Å². The largest absolute Gasteiger partial charge is 0.508 e. The molecule has 5 heteroatoms. The van der Waals surface area contributed by atoms with E-state index in [0.29, 0.717) is 13.0 Å². The molecule has 0 spiro atoms. The minimum atomic E-state index is 0.197. The fraction of sp³-hybridized carbons (Fsp3) is 0.250. The summed E-state index contributed by atoms with van der Waals surface area (Å²) in [5.74, 6) is 1.24. The summed E-state index contributed by atoms with van der Waals surface area (Å²) in [4.78, 5) is 15.4. The van der Waals surface area contributed by atoms with E-state index in [-0.39, 0.29) is 11.7 Å². The second-order valence-corrected chi connectivity index (χ2v) is 7.52. The number of rotatable bonds is 5. The number of benzene rings is 2. The van der Waals surface area contributed by atoms with Crippen molar-refractivity contribution >= 4 is 34.8 Å². The first-order valence-electron chi connectivity index (χ1n) is 8.26. The van der Waals surface area contributed by atoms with Gasteiger partial charge in [-0.05, 0) is 54.0 Å². The molecule has 0 aliphatic carbocycles. The van der Waals surface area contributed by atoms with E-state index < -0.39 is 0 Å². The van der Waals surface area contributed by atoms with E-state index in [2.05, 4.69) is 6.08 Å². The van der Waals surface area contributed by atoms with Gasteiger partial charge in [-0.3, -0.25) is 4.79 Å². The zero-order chi connectivity index (χ0) is 17.6. The summed E-state index contributed by atoms with van der Waals surface area (Å²) < 4.78 is 0. The van der Waals surface area contributed by atoms with Crippen molar-refractivity contribution in [3.8, 4) is 5.75 Å². The van der Waals surface area contributed by atoms with E-state index in [0.717, 1.165) is 34.2 Å². The fourth-order valence-electron chi connectivity index (χ4n) is 2.78. The summed E-state index contributed by atoms with van der Waals surface area (Å²) in [6.07, 6.45) is 3.50. The van der Waals surface area contributed by atoms with Crippen LogP contribution in [-0.4, -0.2) is 34.8 Å². The Kier molecular flexibility index (Phi) is 6.05. The van der Waals surface area contributed by atoms with Crippen LogP contribution in [0.25, 0.3) is 5.57 Å². The SMILES string of the molecule is O=C(CCSc1ccc(Cl)cc1)N1CC=C(c2ccc(O)cc2)CC1. The molecule has 3 nitrogen and oxygen atoms in total. The van der Waals surface area contributed by atoms with Crippen LogP contribution in [0.5, 0.6) is 5.75 Å². The Morgan fingerprint density at radius 1 is 1.12 bits per heavy atom. The van der Waals surface area contributed by atoms with Gasteiger partial charge >= 0.3 is 0 Å². The zero-order valence-electron chi connectivity index (χ0n) is 13.8. The van der Waals surface area contributed by atoms with E-state index in [1.54, 1.807) is 23.9 Å². The smallest absolute Gasteiger partial charge is 0.223 e. The third-order valence-corrected chi connectivity index (χ3v) is 5.46. The lowest BCUT2D eigenvalue weighted by atomic mass is 9.99. The molecule has 0 saturated carbocycles. The van der Waals surface area contributed by atoms with Crippen LogP contribution in [0.2, 0.25) is 5.02 Å². The predicted molar refractivity (Wildman–Crippen MR) is 104 cm³/mol. The lowest BCUT2D eigenvalue weighted by Crippen LogP contribution is -2.34. The monoisotopic (exact) mass is 373 g/mol. The van der Waals surface area contributed by atoms with E-state index in [4.69, 9.17) is 11.6 Å². The summed E-state index contributed by atoms with van der Waals surface area (Å²) in [5.41, 5.74) is 2.35. The maximum absolute atomic E-state index is 12.4. The van der Waals surface area contributed by atoms with Crippen molar-refractivity contribution in [2.24, 2.45) is 0 Å². The number of nitrogens with zero attached hydrogens (tertiary/aromatic N) is 1. The maximum Gasteiger partial charge on any atom is 0.223 e. The van der Waals surface area contributed by atoms with Crippen molar-refractivity contribution in [1.82, 2.24) is 4.90 Å². The highest BCUT2D eigenvalue weighted by Gasteiger charge is 2.17. The number of aromatic hydroxyl groups is 1. The molecule has 0 atom stereocenters. The average Bonchev–Trinajstić information content (AvgIpc) is 2.64. The van der Waals surface area contributed by atoms with Crippen LogP contribution >= 0.6 is 23.4 Å². The Labute approximate surface area is 157 Å². The quantitative estimate of drug-likeness (QED) is 0.762. The van der Waals surface area contributed by atoms with E-state index in [1.807, 2.05) is 41.3 Å². The third-order valence-electron chi connectivity index (χ3n) is 4.20. The van der Waals surface area contributed by atoms with Crippen molar-refractivity contribution in [1.29, 1.82) is 0 Å². The molecule has 1 aliphatic heterocycles. The summed E-state index contributed by atoms with van der Waals surface area (Å²) in [5, 5.41) is 10.1. The zero-order valence-corrected chi connectivity index (χ0v) is 15.4. The molecular formula is C20H20ClNO2S. The molecule has 0 unspecified atom stereocenters. The van der Waals surface area contributed by atoms with Gasteiger partial charge in [0.25, 0.3) is 0 Å². The second kappa shape index (κ2) is 8.45. The molecule has 1 amide bonds. The van der Waals surface area contributed by atoms with Crippen LogP contribution < -0.4 is 0 Å². The molecule has 0 saturated heterocycles. The van der Waals surface area contributed by atoms with E-state index >= 15 is 0 Å². The minimum absolute atomic E-state index is 0.197. The number of phenolic OH excluding ortho intramolecular Hbond substituents is 1. The summed E-state index contributed by atoms with van der Waals surface area (Å²) in [7, 11) is 0. The molecule has 0 aromatic heterocycles. The summed E-state index contributed by atoms with van der Waals surface area (Å²) >= 11 is 7.55. The Bertz CT molecular complexity index is 756. The molecule has 2 aromatic carbocycles. The van der Waals surface area contributed by atoms with Crippen LogP contribution in [0.4, 0.5) is 0 Å². The van der Waals surface area contributed by atoms with Crippen LogP contribution in [0.3, 0.4) is 0 Å². The Morgan fingerprint density at radius 2 is 1.84 bits per heavy atom. The highest BCUT2D eigenvalue weighted by Crippen LogP contribution is 2.25. The van der Waals surface area contributed by atoms with Crippen LogP contribution in [-0.2, 0) is 4.79 Å². The van der Waals surface area contributed by atoms with Gasteiger partial charge in [0.15, 0.2) is 0 Å². The topological polar surface area (TPSA) is 40.5 Å². The number of carbonyl (C=O) groups is 1. The number of amides is 1. The van der Waals surface area contributed by atoms with Gasteiger partial charge in [-0.1, -0.05) is 29.8 Å². The standard InChI is InChI=1S/C20H20ClNO2S/c21-17-3-7-19(8-4-17)25-14-11-20(24)22-12-9-16(10-13-22)15-1-5-18(23)6-2-15/h1-9,23H,10-14H2. The van der Waals surface area contributed by atoms with Gasteiger partial charge in [0.1, 0.15) is 5.75 Å². The molecule has 0 fully saturated rings.